The van der Waals surface area contributed by atoms with Gasteiger partial charge in [-0.3, -0.25) is 0 Å². The van der Waals surface area contributed by atoms with Crippen molar-refractivity contribution >= 4 is 17.7 Å². The van der Waals surface area contributed by atoms with E-state index in [9.17, 15) is 4.79 Å². The summed E-state index contributed by atoms with van der Waals surface area (Å²) < 4.78 is 0. The molecule has 3 rings (SSSR count). The van der Waals surface area contributed by atoms with Crippen molar-refractivity contribution in [1.82, 2.24) is 15.0 Å². The number of piperazine rings is 1. The van der Waals surface area contributed by atoms with E-state index in [1.165, 1.54) is 12.3 Å². The van der Waals surface area contributed by atoms with Crippen LogP contribution < -0.4 is 9.80 Å². The van der Waals surface area contributed by atoms with E-state index in [0.717, 1.165) is 32.1 Å². The molecule has 1 fully saturated rings. The Balaban J connectivity index is 1.68. The minimum absolute atomic E-state index is 0.258. The average Bonchev–Trinajstić information content (AvgIpc) is 2.56. The minimum Gasteiger partial charge on any atom is -0.478 e. The first-order valence-electron chi connectivity index (χ1n) is 6.70. The summed E-state index contributed by atoms with van der Waals surface area (Å²) >= 11 is 0. The quantitative estimate of drug-likeness (QED) is 0.897. The fraction of sp³-hybridized carbons (Fsp3) is 0.286. The lowest BCUT2D eigenvalue weighted by atomic mass is 10.2. The molecule has 0 saturated carbocycles. The largest absolute Gasteiger partial charge is 0.478 e. The molecule has 0 aromatic carbocycles. The Bertz CT molecular complexity index is 626. The van der Waals surface area contributed by atoms with Crippen LogP contribution in [0.1, 0.15) is 10.4 Å². The fourth-order valence-corrected chi connectivity index (χ4v) is 2.31. The first kappa shape index (κ1) is 13.3. The van der Waals surface area contributed by atoms with Gasteiger partial charge in [0.05, 0.1) is 5.56 Å². The number of pyridine rings is 1. The van der Waals surface area contributed by atoms with Gasteiger partial charge in [-0.25, -0.2) is 19.7 Å². The molecule has 7 heteroatoms. The molecule has 1 aliphatic heterocycles. The van der Waals surface area contributed by atoms with E-state index in [4.69, 9.17) is 5.11 Å². The van der Waals surface area contributed by atoms with Crippen molar-refractivity contribution in [3.63, 3.8) is 0 Å². The molecule has 7 nitrogen and oxygen atoms in total. The third-order valence-corrected chi connectivity index (χ3v) is 3.43. The van der Waals surface area contributed by atoms with Crippen molar-refractivity contribution in [1.29, 1.82) is 0 Å². The van der Waals surface area contributed by atoms with Gasteiger partial charge >= 0.3 is 5.97 Å². The van der Waals surface area contributed by atoms with Crippen molar-refractivity contribution in [2.45, 2.75) is 0 Å². The van der Waals surface area contributed by atoms with Crippen LogP contribution in [0.5, 0.6) is 0 Å². The van der Waals surface area contributed by atoms with Crippen LogP contribution in [0.4, 0.5) is 11.8 Å². The number of hydrogen-bond acceptors (Lipinski definition) is 6. The van der Waals surface area contributed by atoms with E-state index in [1.54, 1.807) is 24.5 Å². The van der Waals surface area contributed by atoms with Gasteiger partial charge in [0.15, 0.2) is 0 Å². The maximum Gasteiger partial charge on any atom is 0.335 e. The first-order valence-corrected chi connectivity index (χ1v) is 6.70. The Hall–Kier alpha value is -2.70. The molecule has 2 aromatic rings. The second-order valence-electron chi connectivity index (χ2n) is 4.73. The van der Waals surface area contributed by atoms with Gasteiger partial charge in [0.1, 0.15) is 5.82 Å². The highest BCUT2D eigenvalue weighted by atomic mass is 16.4. The van der Waals surface area contributed by atoms with Crippen LogP contribution in [0.25, 0.3) is 0 Å². The molecular weight excluding hydrogens is 270 g/mol. The fourth-order valence-electron chi connectivity index (χ4n) is 2.31. The third kappa shape index (κ3) is 2.91. The lowest BCUT2D eigenvalue weighted by molar-refractivity contribution is 0.0697. The third-order valence-electron chi connectivity index (χ3n) is 3.43. The molecular formula is C14H15N5O2. The predicted molar refractivity (Wildman–Crippen MR) is 77.7 cm³/mol. The lowest BCUT2D eigenvalue weighted by Crippen LogP contribution is -2.47. The minimum atomic E-state index is -0.935. The van der Waals surface area contributed by atoms with Crippen molar-refractivity contribution < 1.29 is 9.90 Å². The molecule has 0 aliphatic carbocycles. The number of carboxylic acid groups (broad SMARTS) is 1. The molecule has 3 heterocycles. The number of rotatable bonds is 3. The molecule has 21 heavy (non-hydrogen) atoms. The van der Waals surface area contributed by atoms with Gasteiger partial charge in [0, 0.05) is 44.8 Å². The van der Waals surface area contributed by atoms with Crippen LogP contribution in [0.3, 0.4) is 0 Å². The van der Waals surface area contributed by atoms with E-state index in [2.05, 4.69) is 24.8 Å². The Kier molecular flexibility index (Phi) is 3.63. The summed E-state index contributed by atoms with van der Waals surface area (Å²) in [6.45, 7) is 3.08. The summed E-state index contributed by atoms with van der Waals surface area (Å²) in [7, 11) is 0. The van der Waals surface area contributed by atoms with E-state index >= 15 is 0 Å². The second kappa shape index (κ2) is 5.74. The van der Waals surface area contributed by atoms with Crippen molar-refractivity contribution in [2.24, 2.45) is 0 Å². The van der Waals surface area contributed by atoms with Crippen LogP contribution in [0, 0.1) is 0 Å². The Labute approximate surface area is 121 Å². The highest BCUT2D eigenvalue weighted by Gasteiger charge is 2.20. The van der Waals surface area contributed by atoms with Crippen LogP contribution in [0.15, 0.2) is 36.8 Å². The van der Waals surface area contributed by atoms with E-state index < -0.39 is 5.97 Å². The van der Waals surface area contributed by atoms with Crippen molar-refractivity contribution in [3.8, 4) is 0 Å². The van der Waals surface area contributed by atoms with Crippen LogP contribution in [-0.2, 0) is 0 Å². The molecule has 108 valence electrons. The monoisotopic (exact) mass is 285 g/mol. The zero-order chi connectivity index (χ0) is 14.7. The normalized spacial score (nSPS) is 15.0. The van der Waals surface area contributed by atoms with Crippen LogP contribution in [0.2, 0.25) is 0 Å². The number of aromatic nitrogens is 3. The van der Waals surface area contributed by atoms with E-state index in [-0.39, 0.29) is 5.56 Å². The predicted octanol–water partition coefficient (Wildman–Crippen LogP) is 0.896. The van der Waals surface area contributed by atoms with Gasteiger partial charge in [0.25, 0.3) is 0 Å². The smallest absolute Gasteiger partial charge is 0.335 e. The highest BCUT2D eigenvalue weighted by molar-refractivity contribution is 5.88. The van der Waals surface area contributed by atoms with Crippen molar-refractivity contribution in [2.75, 3.05) is 36.0 Å². The molecule has 1 aliphatic rings. The number of carbonyl (C=O) groups is 1. The van der Waals surface area contributed by atoms with Gasteiger partial charge in [0.2, 0.25) is 5.95 Å². The average molecular weight is 285 g/mol. The molecule has 1 N–H and O–H groups in total. The summed E-state index contributed by atoms with van der Waals surface area (Å²) in [4.78, 5) is 27.9. The summed E-state index contributed by atoms with van der Waals surface area (Å²) in [5, 5.41) is 9.03. The molecule has 0 amide bonds. The number of nitrogens with zero attached hydrogens (tertiary/aromatic N) is 5. The van der Waals surface area contributed by atoms with Gasteiger partial charge in [-0.1, -0.05) is 0 Å². The molecule has 1 saturated heterocycles. The summed E-state index contributed by atoms with van der Waals surface area (Å²) in [6.07, 6.45) is 4.99. The maximum atomic E-state index is 11.0. The first-order chi connectivity index (χ1) is 10.2. The molecule has 2 aromatic heterocycles. The SMILES string of the molecule is O=C(O)c1ccnc(N2CCN(c3ncccn3)CC2)c1. The second-order valence-corrected chi connectivity index (χ2v) is 4.73. The zero-order valence-electron chi connectivity index (χ0n) is 11.4. The molecule has 0 unspecified atom stereocenters. The Morgan fingerprint density at radius 1 is 1.00 bits per heavy atom. The molecule has 0 radical (unpaired) electrons. The van der Waals surface area contributed by atoms with Gasteiger partial charge in [-0.2, -0.15) is 0 Å². The van der Waals surface area contributed by atoms with Gasteiger partial charge < -0.3 is 14.9 Å². The number of anilines is 2. The summed E-state index contributed by atoms with van der Waals surface area (Å²) in [5.41, 5.74) is 0.258. The van der Waals surface area contributed by atoms with Crippen molar-refractivity contribution in [3.05, 3.63) is 42.4 Å². The number of carboxylic acids is 1. The Morgan fingerprint density at radius 2 is 1.67 bits per heavy atom. The number of aromatic carboxylic acids is 1. The maximum absolute atomic E-state index is 11.0. The topological polar surface area (TPSA) is 82.5 Å². The summed E-state index contributed by atoms with van der Waals surface area (Å²) in [5.74, 6) is 0.489. The van der Waals surface area contributed by atoms with E-state index in [0.29, 0.717) is 5.82 Å². The molecule has 0 atom stereocenters. The Morgan fingerprint density at radius 3 is 2.33 bits per heavy atom. The standard InChI is InChI=1S/C14H15N5O2/c20-13(21)11-2-5-15-12(10-11)18-6-8-19(9-7-18)14-16-3-1-4-17-14/h1-5,10H,6-9H2,(H,20,21). The van der Waals surface area contributed by atoms with Gasteiger partial charge in [-0.05, 0) is 18.2 Å². The molecule has 0 spiro atoms. The van der Waals surface area contributed by atoms with E-state index in [1.807, 2.05) is 0 Å². The lowest BCUT2D eigenvalue weighted by Gasteiger charge is -2.35. The highest BCUT2D eigenvalue weighted by Crippen LogP contribution is 2.17. The van der Waals surface area contributed by atoms with Crippen LogP contribution in [-0.4, -0.2) is 52.2 Å². The van der Waals surface area contributed by atoms with Crippen LogP contribution >= 0.6 is 0 Å². The van der Waals surface area contributed by atoms with Gasteiger partial charge in [-0.15, -0.1) is 0 Å². The zero-order valence-corrected chi connectivity index (χ0v) is 11.4. The summed E-state index contributed by atoms with van der Waals surface area (Å²) in [6, 6.07) is 4.90. The molecule has 0 bridgehead atoms. The number of hydrogen-bond donors (Lipinski definition) is 1.